The average Bonchev–Trinajstić information content (AvgIpc) is 3.02. The van der Waals surface area contributed by atoms with Crippen molar-refractivity contribution in [1.29, 1.82) is 0 Å². The first-order valence-corrected chi connectivity index (χ1v) is 9.68. The fourth-order valence-electron chi connectivity index (χ4n) is 3.12. The lowest BCUT2D eigenvalue weighted by Crippen LogP contribution is -2.55. The first kappa shape index (κ1) is 20.4. The number of hydrogen-bond donors (Lipinski definition) is 2. The third-order valence-electron chi connectivity index (χ3n) is 5.01. The number of aromatic nitrogens is 2. The average molecular weight is 360 g/mol. The minimum absolute atomic E-state index is 0.125. The van der Waals surface area contributed by atoms with Crippen LogP contribution >= 0.6 is 0 Å². The van der Waals surface area contributed by atoms with Crippen molar-refractivity contribution in [1.82, 2.24) is 15.1 Å². The maximum atomic E-state index is 13.1. The monoisotopic (exact) mass is 359 g/mol. The van der Waals surface area contributed by atoms with E-state index in [2.05, 4.69) is 33.0 Å². The van der Waals surface area contributed by atoms with Crippen LogP contribution in [0.5, 0.6) is 0 Å². The van der Waals surface area contributed by atoms with E-state index in [1.165, 1.54) is 0 Å². The van der Waals surface area contributed by atoms with Gasteiger partial charge in [-0.2, -0.15) is 5.10 Å². The zero-order valence-corrected chi connectivity index (χ0v) is 16.7. The number of hydrogen-bond acceptors (Lipinski definition) is 3. The molecule has 0 aliphatic heterocycles. The van der Waals surface area contributed by atoms with Gasteiger partial charge in [-0.25, -0.2) is 0 Å². The van der Waals surface area contributed by atoms with Crippen molar-refractivity contribution >= 4 is 5.91 Å². The molecule has 2 atom stereocenters. The molecule has 0 spiro atoms. The summed E-state index contributed by atoms with van der Waals surface area (Å²) in [6.45, 7) is 11.1. The Hall–Kier alpha value is -1.88. The summed E-state index contributed by atoms with van der Waals surface area (Å²) in [5, 5.41) is 18.2. The molecule has 0 saturated heterocycles. The number of allylic oxidation sites excluding steroid dienone is 2. The summed E-state index contributed by atoms with van der Waals surface area (Å²) in [5.41, 5.74) is 0.575. The maximum absolute atomic E-state index is 13.1. The molecule has 0 bridgehead atoms. The van der Waals surface area contributed by atoms with Gasteiger partial charge in [0.05, 0.1) is 17.3 Å². The molecule has 144 valence electrons. The van der Waals surface area contributed by atoms with E-state index < -0.39 is 11.6 Å². The summed E-state index contributed by atoms with van der Waals surface area (Å²) in [4.78, 5) is 13.1. The minimum atomic E-state index is -0.772. The number of nitrogens with zero attached hydrogens (tertiary/aromatic N) is 2. The lowest BCUT2D eigenvalue weighted by molar-refractivity contribution is 0.0778. The molecule has 1 heterocycles. The Bertz CT molecular complexity index is 682. The predicted octanol–water partition coefficient (Wildman–Crippen LogP) is 3.74. The molecule has 1 amide bonds. The highest BCUT2D eigenvalue weighted by atomic mass is 16.3. The number of aryl methyl sites for hydroxylation is 1. The van der Waals surface area contributed by atoms with E-state index in [0.29, 0.717) is 12.1 Å². The second kappa shape index (κ2) is 8.21. The molecule has 1 aromatic heterocycles. The van der Waals surface area contributed by atoms with Crippen LogP contribution in [0.15, 0.2) is 30.4 Å². The molecular formula is C21H33N3O2. The smallest absolute Gasteiger partial charge is 0.270 e. The van der Waals surface area contributed by atoms with Gasteiger partial charge in [0.1, 0.15) is 5.69 Å². The van der Waals surface area contributed by atoms with Crippen molar-refractivity contribution in [3.63, 3.8) is 0 Å². The van der Waals surface area contributed by atoms with Gasteiger partial charge in [-0.15, -0.1) is 0 Å². The number of rotatable bonds is 7. The van der Waals surface area contributed by atoms with Gasteiger partial charge in [0.2, 0.25) is 0 Å². The largest absolute Gasteiger partial charge is 0.386 e. The van der Waals surface area contributed by atoms with Gasteiger partial charge in [-0.1, -0.05) is 71.8 Å². The summed E-state index contributed by atoms with van der Waals surface area (Å²) in [7, 11) is 0. The molecule has 0 radical (unpaired) electrons. The first-order valence-electron chi connectivity index (χ1n) is 9.68. The number of carbonyl (C=O) groups excluding carboxylic acids is 1. The molecule has 5 heteroatoms. The Morgan fingerprint density at radius 2 is 2.04 bits per heavy atom. The normalized spacial score (nSPS) is 22.6. The Labute approximate surface area is 157 Å². The second-order valence-corrected chi connectivity index (χ2v) is 8.13. The Balaban J connectivity index is 2.30. The SMILES string of the molecule is CCCCCn1nc(C(C)(C)C)cc1C(=O)N[C@@]1(CC)C=CC=CC1O. The van der Waals surface area contributed by atoms with E-state index in [1.54, 1.807) is 12.2 Å². The number of nitrogens with one attached hydrogen (secondary N) is 1. The Kier molecular flexibility index (Phi) is 6.45. The van der Waals surface area contributed by atoms with Crippen molar-refractivity contribution in [2.45, 2.75) is 83.9 Å². The van der Waals surface area contributed by atoms with Gasteiger partial charge in [-0.3, -0.25) is 9.48 Å². The molecule has 26 heavy (non-hydrogen) atoms. The molecule has 5 nitrogen and oxygen atoms in total. The summed E-state index contributed by atoms with van der Waals surface area (Å²) in [6, 6.07) is 1.89. The van der Waals surface area contributed by atoms with Crippen molar-refractivity contribution in [3.8, 4) is 0 Å². The molecule has 0 saturated carbocycles. The van der Waals surface area contributed by atoms with Crippen LogP contribution in [0.1, 0.15) is 76.5 Å². The van der Waals surface area contributed by atoms with E-state index in [9.17, 15) is 9.90 Å². The summed E-state index contributed by atoms with van der Waals surface area (Å²) < 4.78 is 1.82. The van der Waals surface area contributed by atoms with E-state index in [-0.39, 0.29) is 11.3 Å². The molecule has 1 aliphatic carbocycles. The van der Waals surface area contributed by atoms with Crippen LogP contribution in [-0.2, 0) is 12.0 Å². The third-order valence-corrected chi connectivity index (χ3v) is 5.01. The highest BCUT2D eigenvalue weighted by Crippen LogP contribution is 2.25. The minimum Gasteiger partial charge on any atom is -0.386 e. The molecule has 1 aromatic rings. The van der Waals surface area contributed by atoms with Crippen LogP contribution in [0.25, 0.3) is 0 Å². The van der Waals surface area contributed by atoms with Crippen LogP contribution < -0.4 is 5.32 Å². The molecule has 2 N–H and O–H groups in total. The zero-order chi connectivity index (χ0) is 19.4. The van der Waals surface area contributed by atoms with Crippen LogP contribution in [0.4, 0.5) is 0 Å². The van der Waals surface area contributed by atoms with Crippen LogP contribution in [0.3, 0.4) is 0 Å². The molecule has 0 fully saturated rings. The summed E-state index contributed by atoms with van der Waals surface area (Å²) >= 11 is 0. The van der Waals surface area contributed by atoms with Gasteiger partial charge in [-0.05, 0) is 18.9 Å². The van der Waals surface area contributed by atoms with Crippen LogP contribution in [0, 0.1) is 0 Å². The lowest BCUT2D eigenvalue weighted by Gasteiger charge is -2.35. The van der Waals surface area contributed by atoms with Gasteiger partial charge >= 0.3 is 0 Å². The highest BCUT2D eigenvalue weighted by molar-refractivity contribution is 5.93. The quantitative estimate of drug-likeness (QED) is 0.729. The van der Waals surface area contributed by atoms with Gasteiger partial charge in [0, 0.05) is 12.0 Å². The molecule has 1 unspecified atom stereocenters. The Morgan fingerprint density at radius 3 is 2.62 bits per heavy atom. The molecule has 0 aromatic carbocycles. The topological polar surface area (TPSA) is 67.2 Å². The van der Waals surface area contributed by atoms with Crippen LogP contribution in [-0.4, -0.2) is 32.4 Å². The van der Waals surface area contributed by atoms with Crippen molar-refractivity contribution in [2.24, 2.45) is 0 Å². The fraction of sp³-hybridized carbons (Fsp3) is 0.619. The summed E-state index contributed by atoms with van der Waals surface area (Å²) in [6.07, 6.45) is 10.4. The summed E-state index contributed by atoms with van der Waals surface area (Å²) in [5.74, 6) is -0.189. The molecular weight excluding hydrogens is 326 g/mol. The third kappa shape index (κ3) is 4.44. The van der Waals surface area contributed by atoms with E-state index in [0.717, 1.165) is 31.5 Å². The first-order chi connectivity index (χ1) is 12.2. The number of carbonyl (C=O) groups is 1. The van der Waals surface area contributed by atoms with Crippen molar-refractivity contribution < 1.29 is 9.90 Å². The fourth-order valence-corrected chi connectivity index (χ4v) is 3.12. The van der Waals surface area contributed by atoms with Crippen molar-refractivity contribution in [2.75, 3.05) is 0 Å². The standard InChI is InChI=1S/C21H33N3O2/c1-6-8-11-14-24-16(15-17(23-24)20(3,4)5)19(26)22-21(7-2)13-10-9-12-18(21)25/h9-10,12-13,15,18,25H,6-8,11,14H2,1-5H3,(H,22,26)/t18?,21-/m0/s1. The number of unbranched alkanes of at least 4 members (excludes halogenated alkanes) is 2. The van der Waals surface area contributed by atoms with E-state index in [1.807, 2.05) is 29.8 Å². The van der Waals surface area contributed by atoms with Crippen molar-refractivity contribution in [3.05, 3.63) is 41.8 Å². The molecule has 2 rings (SSSR count). The maximum Gasteiger partial charge on any atom is 0.270 e. The van der Waals surface area contributed by atoms with Crippen LogP contribution in [0.2, 0.25) is 0 Å². The molecule has 1 aliphatic rings. The zero-order valence-electron chi connectivity index (χ0n) is 16.7. The van der Waals surface area contributed by atoms with E-state index >= 15 is 0 Å². The number of aliphatic hydroxyl groups is 1. The second-order valence-electron chi connectivity index (χ2n) is 8.13. The Morgan fingerprint density at radius 1 is 1.31 bits per heavy atom. The predicted molar refractivity (Wildman–Crippen MR) is 105 cm³/mol. The van der Waals surface area contributed by atoms with Gasteiger partial charge in [0.25, 0.3) is 5.91 Å². The van der Waals surface area contributed by atoms with Gasteiger partial charge < -0.3 is 10.4 Å². The van der Waals surface area contributed by atoms with E-state index in [4.69, 9.17) is 5.10 Å². The lowest BCUT2D eigenvalue weighted by atomic mass is 9.85. The number of aliphatic hydroxyl groups excluding tert-OH is 1. The van der Waals surface area contributed by atoms with Gasteiger partial charge in [0.15, 0.2) is 0 Å². The highest BCUT2D eigenvalue weighted by Gasteiger charge is 2.36. The number of amides is 1.